The quantitative estimate of drug-likeness (QED) is 0.567. The van der Waals surface area contributed by atoms with E-state index in [1.165, 1.54) is 0 Å². The van der Waals surface area contributed by atoms with Crippen molar-refractivity contribution in [3.05, 3.63) is 0 Å². The Balaban J connectivity index is 2.28. The standard InChI is InChI=1S/C11H23N3O2/c1-9(2)10(8-15)13-11(16)7-14-5-3-12-4-6-14/h9-10,12,15H,3-8H2,1-2H3,(H,13,16)/t10-/m1/s1. The van der Waals surface area contributed by atoms with Gasteiger partial charge >= 0.3 is 0 Å². The summed E-state index contributed by atoms with van der Waals surface area (Å²) in [5.74, 6) is 0.270. The van der Waals surface area contributed by atoms with E-state index < -0.39 is 0 Å². The number of nitrogens with zero attached hydrogens (tertiary/aromatic N) is 1. The fraction of sp³-hybridized carbons (Fsp3) is 0.909. The van der Waals surface area contributed by atoms with Gasteiger partial charge in [-0.3, -0.25) is 9.69 Å². The maximum absolute atomic E-state index is 11.7. The van der Waals surface area contributed by atoms with Crippen LogP contribution >= 0.6 is 0 Å². The van der Waals surface area contributed by atoms with Crippen LogP contribution in [0.1, 0.15) is 13.8 Å². The van der Waals surface area contributed by atoms with E-state index in [2.05, 4.69) is 15.5 Å². The van der Waals surface area contributed by atoms with Crippen LogP contribution in [0.2, 0.25) is 0 Å². The van der Waals surface area contributed by atoms with Crippen molar-refractivity contribution in [2.75, 3.05) is 39.3 Å². The number of aliphatic hydroxyl groups is 1. The summed E-state index contributed by atoms with van der Waals surface area (Å²) in [4.78, 5) is 13.8. The van der Waals surface area contributed by atoms with Crippen molar-refractivity contribution in [1.82, 2.24) is 15.5 Å². The van der Waals surface area contributed by atoms with Crippen LogP contribution in [0, 0.1) is 5.92 Å². The Hall–Kier alpha value is -0.650. The van der Waals surface area contributed by atoms with Crippen molar-refractivity contribution in [1.29, 1.82) is 0 Å². The summed E-state index contributed by atoms with van der Waals surface area (Å²) in [6.45, 7) is 8.15. The molecule has 5 nitrogen and oxygen atoms in total. The predicted octanol–water partition coefficient (Wildman–Crippen LogP) is -0.975. The molecular formula is C11H23N3O2. The molecule has 1 aliphatic heterocycles. The average molecular weight is 229 g/mol. The van der Waals surface area contributed by atoms with Gasteiger partial charge in [-0.25, -0.2) is 0 Å². The minimum Gasteiger partial charge on any atom is -0.394 e. The Morgan fingerprint density at radius 1 is 1.44 bits per heavy atom. The Labute approximate surface area is 97.2 Å². The number of amides is 1. The molecule has 1 saturated heterocycles. The lowest BCUT2D eigenvalue weighted by Crippen LogP contribution is -2.50. The van der Waals surface area contributed by atoms with Gasteiger partial charge in [0, 0.05) is 26.2 Å². The molecule has 0 radical (unpaired) electrons. The highest BCUT2D eigenvalue weighted by Gasteiger charge is 2.18. The number of nitrogens with one attached hydrogen (secondary N) is 2. The Bertz CT molecular complexity index is 215. The number of carbonyl (C=O) groups is 1. The van der Waals surface area contributed by atoms with Gasteiger partial charge < -0.3 is 15.7 Å². The Kier molecular flexibility index (Phi) is 5.73. The summed E-state index contributed by atoms with van der Waals surface area (Å²) in [5.41, 5.74) is 0. The van der Waals surface area contributed by atoms with Crippen LogP contribution in [0.15, 0.2) is 0 Å². The summed E-state index contributed by atoms with van der Waals surface area (Å²) < 4.78 is 0. The van der Waals surface area contributed by atoms with E-state index in [4.69, 9.17) is 5.11 Å². The first-order valence-electron chi connectivity index (χ1n) is 5.96. The van der Waals surface area contributed by atoms with Gasteiger partial charge in [0.15, 0.2) is 0 Å². The van der Waals surface area contributed by atoms with Crippen LogP contribution in [0.5, 0.6) is 0 Å². The molecule has 0 bridgehead atoms. The predicted molar refractivity (Wildman–Crippen MR) is 63.2 cm³/mol. The maximum atomic E-state index is 11.7. The molecule has 0 spiro atoms. The van der Waals surface area contributed by atoms with E-state index in [0.717, 1.165) is 26.2 Å². The monoisotopic (exact) mass is 229 g/mol. The average Bonchev–Trinajstić information content (AvgIpc) is 2.27. The van der Waals surface area contributed by atoms with E-state index in [0.29, 0.717) is 6.54 Å². The van der Waals surface area contributed by atoms with E-state index in [1.807, 2.05) is 13.8 Å². The molecule has 1 atom stereocenters. The molecule has 0 aromatic heterocycles. The second-order valence-corrected chi connectivity index (χ2v) is 4.63. The Morgan fingerprint density at radius 3 is 2.56 bits per heavy atom. The largest absolute Gasteiger partial charge is 0.394 e. The molecule has 1 amide bonds. The molecule has 0 aliphatic carbocycles. The third-order valence-corrected chi connectivity index (χ3v) is 2.92. The highest BCUT2D eigenvalue weighted by Crippen LogP contribution is 2.00. The van der Waals surface area contributed by atoms with Crippen molar-refractivity contribution in [3.63, 3.8) is 0 Å². The van der Waals surface area contributed by atoms with Gasteiger partial charge in [0.1, 0.15) is 0 Å². The lowest BCUT2D eigenvalue weighted by Gasteiger charge is -2.28. The van der Waals surface area contributed by atoms with E-state index in [9.17, 15) is 4.79 Å². The Morgan fingerprint density at radius 2 is 2.06 bits per heavy atom. The lowest BCUT2D eigenvalue weighted by atomic mass is 10.1. The van der Waals surface area contributed by atoms with Crippen molar-refractivity contribution >= 4 is 5.91 Å². The van der Waals surface area contributed by atoms with Gasteiger partial charge in [-0.1, -0.05) is 13.8 Å². The zero-order valence-corrected chi connectivity index (χ0v) is 10.2. The molecule has 5 heteroatoms. The molecule has 1 fully saturated rings. The summed E-state index contributed by atoms with van der Waals surface area (Å²) in [6, 6.07) is -0.129. The van der Waals surface area contributed by atoms with Crippen molar-refractivity contribution in [3.8, 4) is 0 Å². The summed E-state index contributed by atoms with van der Waals surface area (Å²) in [6.07, 6.45) is 0. The van der Waals surface area contributed by atoms with Gasteiger partial charge in [-0.05, 0) is 5.92 Å². The summed E-state index contributed by atoms with van der Waals surface area (Å²) >= 11 is 0. The SMILES string of the molecule is CC(C)[C@@H](CO)NC(=O)CN1CCNCC1. The van der Waals surface area contributed by atoms with Gasteiger partial charge in [0.05, 0.1) is 19.2 Å². The molecule has 0 unspecified atom stereocenters. The van der Waals surface area contributed by atoms with Crippen LogP contribution in [-0.4, -0.2) is 61.3 Å². The zero-order chi connectivity index (χ0) is 12.0. The van der Waals surface area contributed by atoms with E-state index in [-0.39, 0.29) is 24.5 Å². The topological polar surface area (TPSA) is 64.6 Å². The zero-order valence-electron chi connectivity index (χ0n) is 10.2. The molecule has 0 saturated carbocycles. The van der Waals surface area contributed by atoms with Crippen LogP contribution in [0.3, 0.4) is 0 Å². The molecule has 3 N–H and O–H groups in total. The van der Waals surface area contributed by atoms with Gasteiger partial charge in [0.2, 0.25) is 5.91 Å². The molecule has 1 rings (SSSR count). The van der Waals surface area contributed by atoms with Gasteiger partial charge in [-0.15, -0.1) is 0 Å². The number of carbonyl (C=O) groups excluding carboxylic acids is 1. The van der Waals surface area contributed by atoms with Crippen molar-refractivity contribution in [2.24, 2.45) is 5.92 Å². The minimum absolute atomic E-state index is 0.00492. The fourth-order valence-corrected chi connectivity index (χ4v) is 1.75. The second-order valence-electron chi connectivity index (χ2n) is 4.63. The normalized spacial score (nSPS) is 19.8. The number of hydrogen-bond acceptors (Lipinski definition) is 4. The molecular weight excluding hydrogens is 206 g/mol. The first-order valence-corrected chi connectivity index (χ1v) is 5.96. The van der Waals surface area contributed by atoms with Crippen LogP contribution < -0.4 is 10.6 Å². The molecule has 1 heterocycles. The van der Waals surface area contributed by atoms with E-state index >= 15 is 0 Å². The molecule has 94 valence electrons. The van der Waals surface area contributed by atoms with Crippen LogP contribution in [0.25, 0.3) is 0 Å². The smallest absolute Gasteiger partial charge is 0.234 e. The van der Waals surface area contributed by atoms with Crippen molar-refractivity contribution < 1.29 is 9.90 Å². The number of rotatable bonds is 5. The molecule has 16 heavy (non-hydrogen) atoms. The highest BCUT2D eigenvalue weighted by atomic mass is 16.3. The maximum Gasteiger partial charge on any atom is 0.234 e. The van der Waals surface area contributed by atoms with E-state index in [1.54, 1.807) is 0 Å². The third-order valence-electron chi connectivity index (χ3n) is 2.92. The first kappa shape index (κ1) is 13.4. The van der Waals surface area contributed by atoms with Crippen molar-refractivity contribution in [2.45, 2.75) is 19.9 Å². The number of aliphatic hydroxyl groups excluding tert-OH is 1. The van der Waals surface area contributed by atoms with Gasteiger partial charge in [-0.2, -0.15) is 0 Å². The minimum atomic E-state index is -0.129. The van der Waals surface area contributed by atoms with Crippen LogP contribution in [-0.2, 0) is 4.79 Å². The molecule has 1 aliphatic rings. The highest BCUT2D eigenvalue weighted by molar-refractivity contribution is 5.78. The second kappa shape index (κ2) is 6.83. The molecule has 0 aromatic rings. The lowest BCUT2D eigenvalue weighted by molar-refractivity contribution is -0.123. The third kappa shape index (κ3) is 4.47. The fourth-order valence-electron chi connectivity index (χ4n) is 1.75. The van der Waals surface area contributed by atoms with Gasteiger partial charge in [0.25, 0.3) is 0 Å². The summed E-state index contributed by atoms with van der Waals surface area (Å²) in [7, 11) is 0. The van der Waals surface area contributed by atoms with Crippen LogP contribution in [0.4, 0.5) is 0 Å². The molecule has 0 aromatic carbocycles. The number of hydrogen-bond donors (Lipinski definition) is 3. The first-order chi connectivity index (χ1) is 7.63. The summed E-state index contributed by atoms with van der Waals surface area (Å²) in [5, 5.41) is 15.2. The number of piperazine rings is 1.